The Hall–Kier alpha value is -1.86. The zero-order chi connectivity index (χ0) is 22.4. The maximum atomic E-state index is 14.1. The van der Waals surface area contributed by atoms with E-state index < -0.39 is 0 Å². The molecule has 2 heteroatoms. The van der Waals surface area contributed by atoms with Crippen LogP contribution in [0.3, 0.4) is 0 Å². The Morgan fingerprint density at radius 2 is 1.75 bits per heavy atom. The van der Waals surface area contributed by atoms with Crippen molar-refractivity contribution in [2.24, 2.45) is 5.92 Å². The molecule has 2 aliphatic carbocycles. The largest absolute Gasteiger partial charge is 0.206 e. The lowest BCUT2D eigenvalue weighted by atomic mass is 9.76. The number of alkyl halides is 1. The van der Waals surface area contributed by atoms with Crippen molar-refractivity contribution in [1.82, 2.24) is 0 Å². The molecule has 0 heterocycles. The maximum Gasteiger partial charge on any atom is 0.131 e. The van der Waals surface area contributed by atoms with Crippen molar-refractivity contribution in [3.63, 3.8) is 0 Å². The number of hydrogen-bond donors (Lipinski definition) is 0. The molecule has 0 aliphatic heterocycles. The minimum absolute atomic E-state index is 0.169. The number of rotatable bonds is 8. The van der Waals surface area contributed by atoms with Crippen LogP contribution in [0, 0.1) is 11.7 Å². The Morgan fingerprint density at radius 3 is 2.41 bits per heavy atom. The molecular formula is C30H36ClF. The van der Waals surface area contributed by atoms with E-state index in [0.717, 1.165) is 30.3 Å². The number of benzene rings is 2. The molecule has 2 aliphatic rings. The van der Waals surface area contributed by atoms with Crippen molar-refractivity contribution in [3.8, 4) is 0 Å². The van der Waals surface area contributed by atoms with Gasteiger partial charge >= 0.3 is 0 Å². The first-order valence-electron chi connectivity index (χ1n) is 12.5. The van der Waals surface area contributed by atoms with E-state index in [1.54, 1.807) is 6.07 Å². The van der Waals surface area contributed by atoms with Crippen molar-refractivity contribution in [1.29, 1.82) is 0 Å². The van der Waals surface area contributed by atoms with Crippen LogP contribution in [0.4, 0.5) is 4.39 Å². The van der Waals surface area contributed by atoms with Gasteiger partial charge in [-0.25, -0.2) is 4.39 Å². The van der Waals surface area contributed by atoms with Crippen molar-refractivity contribution in [3.05, 3.63) is 89.3 Å². The molecular weight excluding hydrogens is 415 g/mol. The Kier molecular flexibility index (Phi) is 7.89. The number of aryl methyl sites for hydroxylation is 1. The van der Waals surface area contributed by atoms with Gasteiger partial charge in [0, 0.05) is 5.56 Å². The highest BCUT2D eigenvalue weighted by Crippen LogP contribution is 2.41. The van der Waals surface area contributed by atoms with Crippen LogP contribution >= 0.6 is 11.6 Å². The van der Waals surface area contributed by atoms with Gasteiger partial charge in [-0.1, -0.05) is 74.0 Å². The molecule has 2 aromatic carbocycles. The Balaban J connectivity index is 1.24. The Bertz CT molecular complexity index is 934. The molecule has 0 amide bonds. The van der Waals surface area contributed by atoms with Crippen LogP contribution in [-0.2, 0) is 6.42 Å². The minimum atomic E-state index is -0.320. The summed E-state index contributed by atoms with van der Waals surface area (Å²) in [5, 5.41) is 0. The summed E-state index contributed by atoms with van der Waals surface area (Å²) < 4.78 is 14.1. The highest BCUT2D eigenvalue weighted by atomic mass is 35.5. The molecule has 0 radical (unpaired) electrons. The van der Waals surface area contributed by atoms with Crippen molar-refractivity contribution in [2.75, 3.05) is 0 Å². The summed E-state index contributed by atoms with van der Waals surface area (Å²) in [6.45, 7) is 2.25. The van der Waals surface area contributed by atoms with E-state index in [1.807, 2.05) is 18.2 Å². The second-order valence-corrected chi connectivity index (χ2v) is 10.6. The molecule has 0 N–H and O–H groups in total. The van der Waals surface area contributed by atoms with Gasteiger partial charge in [-0.15, -0.1) is 11.6 Å². The molecule has 4 rings (SSSR count). The molecule has 1 fully saturated rings. The minimum Gasteiger partial charge on any atom is -0.206 e. The van der Waals surface area contributed by atoms with E-state index >= 15 is 0 Å². The quantitative estimate of drug-likeness (QED) is 0.351. The van der Waals surface area contributed by atoms with E-state index in [2.05, 4.69) is 43.3 Å². The van der Waals surface area contributed by atoms with Gasteiger partial charge in [0.15, 0.2) is 0 Å². The lowest BCUT2D eigenvalue weighted by Crippen LogP contribution is -2.22. The van der Waals surface area contributed by atoms with Crippen molar-refractivity contribution < 1.29 is 4.39 Å². The topological polar surface area (TPSA) is 0 Å². The zero-order valence-electron chi connectivity index (χ0n) is 19.3. The Labute approximate surface area is 198 Å². The van der Waals surface area contributed by atoms with E-state index in [1.165, 1.54) is 68.6 Å². The van der Waals surface area contributed by atoms with Gasteiger partial charge in [-0.2, -0.15) is 0 Å². The van der Waals surface area contributed by atoms with E-state index in [-0.39, 0.29) is 10.7 Å². The van der Waals surface area contributed by atoms with Gasteiger partial charge in [0.1, 0.15) is 5.82 Å². The van der Waals surface area contributed by atoms with Gasteiger partial charge in [-0.05, 0) is 92.4 Å². The second-order valence-electron chi connectivity index (χ2n) is 9.81. The third kappa shape index (κ3) is 5.93. The lowest BCUT2D eigenvalue weighted by molar-refractivity contribution is 0.298. The summed E-state index contributed by atoms with van der Waals surface area (Å²) in [5.74, 6) is 1.33. The monoisotopic (exact) mass is 450 g/mol. The highest BCUT2D eigenvalue weighted by molar-refractivity contribution is 6.25. The summed E-state index contributed by atoms with van der Waals surface area (Å²) in [6, 6.07) is 16.4. The molecule has 1 unspecified atom stereocenters. The fourth-order valence-corrected chi connectivity index (χ4v) is 5.55. The first kappa shape index (κ1) is 23.3. The molecule has 0 spiro atoms. The average molecular weight is 451 g/mol. The van der Waals surface area contributed by atoms with Gasteiger partial charge < -0.3 is 0 Å². The summed E-state index contributed by atoms with van der Waals surface area (Å²) in [5.41, 5.74) is 4.61. The zero-order valence-corrected chi connectivity index (χ0v) is 20.1. The van der Waals surface area contributed by atoms with E-state index in [0.29, 0.717) is 5.56 Å². The molecule has 0 bridgehead atoms. The fraction of sp³-hybridized carbons (Fsp3) is 0.467. The molecule has 1 saturated carbocycles. The van der Waals surface area contributed by atoms with Crippen LogP contribution in [0.2, 0.25) is 0 Å². The third-order valence-corrected chi connectivity index (χ3v) is 7.96. The predicted molar refractivity (Wildman–Crippen MR) is 136 cm³/mol. The molecule has 0 saturated heterocycles. The molecule has 2 aromatic rings. The third-order valence-electron chi connectivity index (χ3n) is 7.49. The normalized spacial score (nSPS) is 25.5. The Morgan fingerprint density at radius 1 is 1.00 bits per heavy atom. The highest BCUT2D eigenvalue weighted by Gasteiger charge is 2.29. The van der Waals surface area contributed by atoms with Gasteiger partial charge in [0.25, 0.3) is 0 Å². The average Bonchev–Trinajstić information content (AvgIpc) is 2.83. The SMILES string of the molecule is CCCCc1ccc(C2CCC(CCC3(Cl)C=CC(c4ccccc4F)=CC3)CC2)cc1. The van der Waals surface area contributed by atoms with Crippen LogP contribution < -0.4 is 0 Å². The number of halogens is 2. The number of allylic oxidation sites excluding steroid dienone is 4. The standard InChI is InChI=1S/C30H36ClF/c1-2-3-6-23-9-13-25(14-10-23)26-15-11-24(12-16-26)17-20-30(31)21-18-27(19-22-30)28-7-4-5-8-29(28)32/h4-5,7-10,13-14,18-19,21,24,26H,2-3,6,11-12,15-17,20,22H2,1H3. The van der Waals surface area contributed by atoms with E-state index in [4.69, 9.17) is 11.6 Å². The van der Waals surface area contributed by atoms with Gasteiger partial charge in [-0.3, -0.25) is 0 Å². The summed E-state index contributed by atoms with van der Waals surface area (Å²) in [6.07, 6.45) is 18.1. The number of unbranched alkanes of at least 4 members (excludes halogenated alkanes) is 1. The van der Waals surface area contributed by atoms with Crippen LogP contribution in [0.15, 0.2) is 66.8 Å². The first-order chi connectivity index (χ1) is 15.6. The van der Waals surface area contributed by atoms with Crippen LogP contribution in [0.25, 0.3) is 5.57 Å². The molecule has 170 valence electrons. The summed E-state index contributed by atoms with van der Waals surface area (Å²) in [7, 11) is 0. The summed E-state index contributed by atoms with van der Waals surface area (Å²) >= 11 is 6.94. The molecule has 0 nitrogen and oxygen atoms in total. The van der Waals surface area contributed by atoms with E-state index in [9.17, 15) is 4.39 Å². The smallest absolute Gasteiger partial charge is 0.131 e. The van der Waals surface area contributed by atoms with Gasteiger partial charge in [0.2, 0.25) is 0 Å². The van der Waals surface area contributed by atoms with Crippen LogP contribution in [0.1, 0.15) is 87.3 Å². The van der Waals surface area contributed by atoms with Crippen molar-refractivity contribution in [2.45, 2.75) is 81.9 Å². The van der Waals surface area contributed by atoms with Gasteiger partial charge in [0.05, 0.1) is 4.87 Å². The van der Waals surface area contributed by atoms with Crippen LogP contribution in [0.5, 0.6) is 0 Å². The molecule has 0 aromatic heterocycles. The first-order valence-corrected chi connectivity index (χ1v) is 12.9. The molecule has 32 heavy (non-hydrogen) atoms. The summed E-state index contributed by atoms with van der Waals surface area (Å²) in [4.78, 5) is -0.320. The second kappa shape index (κ2) is 10.8. The maximum absolute atomic E-state index is 14.1. The lowest BCUT2D eigenvalue weighted by Gasteiger charge is -2.32. The van der Waals surface area contributed by atoms with Crippen molar-refractivity contribution >= 4 is 17.2 Å². The predicted octanol–water partition coefficient (Wildman–Crippen LogP) is 9.24. The number of hydrogen-bond acceptors (Lipinski definition) is 0. The fourth-order valence-electron chi connectivity index (χ4n) is 5.30. The van der Waals surface area contributed by atoms with Crippen LogP contribution in [-0.4, -0.2) is 4.87 Å². The molecule has 1 atom stereocenters.